The number of hydrogen-bond acceptors (Lipinski definition) is 4. The van der Waals surface area contributed by atoms with Crippen LogP contribution in [-0.2, 0) is 16.4 Å². The van der Waals surface area contributed by atoms with E-state index in [1.54, 1.807) is 6.92 Å². The van der Waals surface area contributed by atoms with Crippen LogP contribution >= 0.6 is 0 Å². The first-order chi connectivity index (χ1) is 8.18. The maximum atomic E-state index is 13.5. The second-order valence-corrected chi connectivity index (χ2v) is 5.79. The predicted octanol–water partition coefficient (Wildman–Crippen LogP) is 1.69. The summed E-state index contributed by atoms with van der Waals surface area (Å²) in [4.78, 5) is 10.0. The SMILES string of the molecule is CCc1cc(N(C)S(C)(=O)=O)c([N+](=O)[O-])cc1F. The molecule has 0 aliphatic heterocycles. The number of rotatable bonds is 4. The van der Waals surface area contributed by atoms with Gasteiger partial charge in [-0.3, -0.25) is 14.4 Å². The van der Waals surface area contributed by atoms with Gasteiger partial charge in [0.15, 0.2) is 0 Å². The third kappa shape index (κ3) is 2.76. The monoisotopic (exact) mass is 276 g/mol. The Morgan fingerprint density at radius 1 is 1.44 bits per heavy atom. The van der Waals surface area contributed by atoms with Gasteiger partial charge in [-0.25, -0.2) is 12.8 Å². The van der Waals surface area contributed by atoms with E-state index in [-0.39, 0.29) is 11.3 Å². The average Bonchev–Trinajstić information content (AvgIpc) is 2.26. The minimum absolute atomic E-state index is 0.138. The third-order valence-corrected chi connectivity index (χ3v) is 3.75. The molecule has 1 rings (SSSR count). The van der Waals surface area contributed by atoms with E-state index >= 15 is 0 Å². The van der Waals surface area contributed by atoms with Crippen LogP contribution in [0.2, 0.25) is 0 Å². The normalized spacial score (nSPS) is 11.3. The fourth-order valence-corrected chi connectivity index (χ4v) is 1.95. The van der Waals surface area contributed by atoms with Crippen molar-refractivity contribution in [3.05, 3.63) is 33.6 Å². The maximum Gasteiger partial charge on any atom is 0.296 e. The third-order valence-electron chi connectivity index (χ3n) is 2.56. The lowest BCUT2D eigenvalue weighted by Crippen LogP contribution is -2.25. The van der Waals surface area contributed by atoms with E-state index in [2.05, 4.69) is 0 Å². The van der Waals surface area contributed by atoms with Crippen molar-refractivity contribution < 1.29 is 17.7 Å². The fourth-order valence-electron chi connectivity index (χ4n) is 1.44. The zero-order chi connectivity index (χ0) is 14.1. The molecule has 0 heterocycles. The second kappa shape index (κ2) is 4.89. The molecule has 0 unspecified atom stereocenters. The first kappa shape index (κ1) is 14.4. The highest BCUT2D eigenvalue weighted by Crippen LogP contribution is 2.31. The molecule has 100 valence electrons. The minimum Gasteiger partial charge on any atom is -0.267 e. The van der Waals surface area contributed by atoms with Gasteiger partial charge in [0.1, 0.15) is 11.5 Å². The maximum absolute atomic E-state index is 13.5. The molecule has 0 spiro atoms. The van der Waals surface area contributed by atoms with Crippen molar-refractivity contribution in [2.75, 3.05) is 17.6 Å². The summed E-state index contributed by atoms with van der Waals surface area (Å²) in [7, 11) is -2.45. The van der Waals surface area contributed by atoms with Crippen LogP contribution in [0.1, 0.15) is 12.5 Å². The topological polar surface area (TPSA) is 80.5 Å². The number of nitrogens with zero attached hydrogens (tertiary/aromatic N) is 2. The van der Waals surface area contributed by atoms with Crippen LogP contribution in [0.3, 0.4) is 0 Å². The molecule has 6 nitrogen and oxygen atoms in total. The zero-order valence-corrected chi connectivity index (χ0v) is 11.0. The summed E-state index contributed by atoms with van der Waals surface area (Å²) in [6, 6.07) is 1.93. The summed E-state index contributed by atoms with van der Waals surface area (Å²) in [5.74, 6) is -0.713. The van der Waals surface area contributed by atoms with E-state index in [0.717, 1.165) is 16.6 Å². The van der Waals surface area contributed by atoms with Crippen molar-refractivity contribution in [2.24, 2.45) is 0 Å². The molecule has 0 aromatic heterocycles. The van der Waals surface area contributed by atoms with Gasteiger partial charge in [0.25, 0.3) is 5.69 Å². The Morgan fingerprint density at radius 3 is 2.39 bits per heavy atom. The van der Waals surface area contributed by atoms with Crippen molar-refractivity contribution in [3.8, 4) is 0 Å². The van der Waals surface area contributed by atoms with Crippen LogP contribution in [0.4, 0.5) is 15.8 Å². The van der Waals surface area contributed by atoms with E-state index in [1.165, 1.54) is 13.1 Å². The van der Waals surface area contributed by atoms with Crippen LogP contribution < -0.4 is 4.31 Å². The Labute approximate surface area is 104 Å². The number of anilines is 1. The van der Waals surface area contributed by atoms with Crippen molar-refractivity contribution in [2.45, 2.75) is 13.3 Å². The second-order valence-electron chi connectivity index (χ2n) is 3.77. The van der Waals surface area contributed by atoms with E-state index in [1.807, 2.05) is 0 Å². The molecule has 0 N–H and O–H groups in total. The van der Waals surface area contributed by atoms with Crippen LogP contribution in [0.15, 0.2) is 12.1 Å². The Kier molecular flexibility index (Phi) is 3.90. The molecule has 0 saturated carbocycles. The lowest BCUT2D eigenvalue weighted by molar-refractivity contribution is -0.384. The Balaban J connectivity index is 3.54. The van der Waals surface area contributed by atoms with E-state index in [9.17, 15) is 22.9 Å². The number of benzene rings is 1. The molecule has 18 heavy (non-hydrogen) atoms. The molecule has 0 aliphatic carbocycles. The van der Waals surface area contributed by atoms with Gasteiger partial charge in [-0.1, -0.05) is 6.92 Å². The molecule has 0 bridgehead atoms. The minimum atomic E-state index is -3.64. The van der Waals surface area contributed by atoms with Gasteiger partial charge < -0.3 is 0 Å². The van der Waals surface area contributed by atoms with Gasteiger partial charge >= 0.3 is 0 Å². The quantitative estimate of drug-likeness (QED) is 0.619. The smallest absolute Gasteiger partial charge is 0.267 e. The van der Waals surface area contributed by atoms with Crippen molar-refractivity contribution in [1.29, 1.82) is 0 Å². The van der Waals surface area contributed by atoms with E-state index in [4.69, 9.17) is 0 Å². The van der Waals surface area contributed by atoms with E-state index in [0.29, 0.717) is 6.42 Å². The molecule has 0 radical (unpaired) electrons. The highest BCUT2D eigenvalue weighted by molar-refractivity contribution is 7.92. The number of sulfonamides is 1. The molecule has 0 amide bonds. The van der Waals surface area contributed by atoms with Gasteiger partial charge in [0, 0.05) is 7.05 Å². The molecule has 0 saturated heterocycles. The lowest BCUT2D eigenvalue weighted by atomic mass is 10.1. The number of nitro groups is 1. The number of aryl methyl sites for hydroxylation is 1. The van der Waals surface area contributed by atoms with Gasteiger partial charge in [0.2, 0.25) is 10.0 Å². The Morgan fingerprint density at radius 2 is 2.00 bits per heavy atom. The number of nitro benzene ring substituents is 1. The summed E-state index contributed by atoms with van der Waals surface area (Å²) < 4.78 is 37.0. The summed E-state index contributed by atoms with van der Waals surface area (Å²) in [5, 5.41) is 10.8. The Bertz CT molecular complexity index is 586. The molecule has 1 aromatic carbocycles. The van der Waals surface area contributed by atoms with Gasteiger partial charge in [-0.15, -0.1) is 0 Å². The summed E-state index contributed by atoms with van der Waals surface area (Å²) in [5.41, 5.74) is -0.482. The lowest BCUT2D eigenvalue weighted by Gasteiger charge is -2.17. The Hall–Kier alpha value is -1.70. The summed E-state index contributed by atoms with van der Waals surface area (Å²) in [6.07, 6.45) is 1.24. The standard InChI is InChI=1S/C10H13FN2O4S/c1-4-7-5-9(12(2)18(3,16)17)10(13(14)15)6-8(7)11/h5-6H,4H2,1-3H3. The largest absolute Gasteiger partial charge is 0.296 e. The van der Waals surface area contributed by atoms with Crippen molar-refractivity contribution in [1.82, 2.24) is 0 Å². The highest BCUT2D eigenvalue weighted by Gasteiger charge is 2.24. The number of halogens is 1. The van der Waals surface area contributed by atoms with Crippen LogP contribution in [-0.4, -0.2) is 26.6 Å². The molecular formula is C10H13FN2O4S. The molecule has 8 heteroatoms. The fraction of sp³-hybridized carbons (Fsp3) is 0.400. The van der Waals surface area contributed by atoms with Gasteiger partial charge in [-0.2, -0.15) is 0 Å². The molecule has 0 fully saturated rings. The van der Waals surface area contributed by atoms with Gasteiger partial charge in [-0.05, 0) is 18.1 Å². The summed E-state index contributed by atoms with van der Waals surface area (Å²) in [6.45, 7) is 1.68. The molecule has 1 aromatic rings. The zero-order valence-electron chi connectivity index (χ0n) is 10.2. The highest BCUT2D eigenvalue weighted by atomic mass is 32.2. The first-order valence-corrected chi connectivity index (χ1v) is 6.94. The molecule has 0 atom stereocenters. The van der Waals surface area contributed by atoms with Crippen molar-refractivity contribution >= 4 is 21.4 Å². The summed E-state index contributed by atoms with van der Waals surface area (Å²) >= 11 is 0. The van der Waals surface area contributed by atoms with Gasteiger partial charge in [0.05, 0.1) is 17.2 Å². The van der Waals surface area contributed by atoms with Crippen LogP contribution in [0.5, 0.6) is 0 Å². The van der Waals surface area contributed by atoms with Crippen molar-refractivity contribution in [3.63, 3.8) is 0 Å². The van der Waals surface area contributed by atoms with Crippen LogP contribution in [0.25, 0.3) is 0 Å². The number of hydrogen-bond donors (Lipinski definition) is 0. The molecule has 0 aliphatic rings. The van der Waals surface area contributed by atoms with Crippen LogP contribution in [0, 0.1) is 15.9 Å². The predicted molar refractivity (Wildman–Crippen MR) is 65.7 cm³/mol. The van der Waals surface area contributed by atoms with E-state index < -0.39 is 26.5 Å². The molecular weight excluding hydrogens is 263 g/mol. The first-order valence-electron chi connectivity index (χ1n) is 5.09. The average molecular weight is 276 g/mol.